The molecule has 1 aliphatic rings. The van der Waals surface area contributed by atoms with E-state index < -0.39 is 34.9 Å². The number of alkyl halides is 1. The summed E-state index contributed by atoms with van der Waals surface area (Å²) in [5.41, 5.74) is 0.976. The molecule has 0 bridgehead atoms. The number of hydrogen-bond acceptors (Lipinski definition) is 3. The lowest BCUT2D eigenvalue weighted by atomic mass is 10.2. The van der Waals surface area contributed by atoms with Gasteiger partial charge in [-0.1, -0.05) is 30.3 Å². The molecule has 1 heterocycles. The van der Waals surface area contributed by atoms with Crippen LogP contribution in [0.1, 0.15) is 12.0 Å². The largest absolute Gasteiger partial charge is 0.480 e. The van der Waals surface area contributed by atoms with Gasteiger partial charge in [0.25, 0.3) is 10.2 Å². The van der Waals surface area contributed by atoms with Gasteiger partial charge in [-0.3, -0.25) is 4.79 Å². The summed E-state index contributed by atoms with van der Waals surface area (Å²) in [7, 11) is -2.61. The second-order valence-corrected chi connectivity index (χ2v) is 7.31. The van der Waals surface area contributed by atoms with Crippen LogP contribution < -0.4 is 0 Å². The number of likely N-dealkylation sites (N-methyl/N-ethyl adjacent to an activating group) is 1. The molecule has 0 unspecified atom stereocenters. The lowest BCUT2D eigenvalue weighted by Gasteiger charge is -2.26. The number of nitrogens with zero attached hydrogens (tertiary/aromatic N) is 2. The van der Waals surface area contributed by atoms with Crippen LogP contribution in [0.3, 0.4) is 0 Å². The molecule has 1 aromatic rings. The number of carbonyl (C=O) groups is 1. The molecule has 0 radical (unpaired) electrons. The van der Waals surface area contributed by atoms with Gasteiger partial charge in [-0.2, -0.15) is 17.0 Å². The van der Waals surface area contributed by atoms with Gasteiger partial charge in [-0.25, -0.2) is 4.39 Å². The van der Waals surface area contributed by atoms with Gasteiger partial charge in [0, 0.05) is 26.6 Å². The first kappa shape index (κ1) is 16.9. The molecule has 1 saturated heterocycles. The van der Waals surface area contributed by atoms with Crippen LogP contribution in [0.25, 0.3) is 0 Å². The summed E-state index contributed by atoms with van der Waals surface area (Å²) in [6.45, 7) is -0.207. The van der Waals surface area contributed by atoms with Gasteiger partial charge in [0.1, 0.15) is 12.2 Å². The number of rotatable bonds is 6. The van der Waals surface area contributed by atoms with E-state index in [4.69, 9.17) is 5.11 Å². The van der Waals surface area contributed by atoms with Crippen LogP contribution in [0.5, 0.6) is 0 Å². The summed E-state index contributed by atoms with van der Waals surface area (Å²) >= 11 is 0. The van der Waals surface area contributed by atoms with Crippen LogP contribution in [0.2, 0.25) is 0 Å². The van der Waals surface area contributed by atoms with Crippen LogP contribution in [0.4, 0.5) is 4.39 Å². The van der Waals surface area contributed by atoms with E-state index in [-0.39, 0.29) is 13.0 Å². The van der Waals surface area contributed by atoms with Crippen LogP contribution >= 0.6 is 0 Å². The standard InChI is InChI=1S/C14H19FN2O4S/c1-16(8-7-11-5-3-2-4-6-11)22(20,21)17-10-12(15)9-13(17)14(18)19/h2-6,12-13H,7-10H2,1H3,(H,18,19)/t12-,13-/m0/s1. The minimum absolute atomic E-state index is 0.201. The van der Waals surface area contributed by atoms with Gasteiger partial charge < -0.3 is 5.11 Å². The molecule has 0 saturated carbocycles. The molecule has 8 heteroatoms. The highest BCUT2D eigenvalue weighted by Gasteiger charge is 2.45. The number of carboxylic acids is 1. The predicted octanol–water partition coefficient (Wildman–Crippen LogP) is 0.903. The molecule has 122 valence electrons. The summed E-state index contributed by atoms with van der Waals surface area (Å²) in [5, 5.41) is 9.06. The van der Waals surface area contributed by atoms with Crippen molar-refractivity contribution >= 4 is 16.2 Å². The second kappa shape index (κ2) is 6.72. The second-order valence-electron chi connectivity index (χ2n) is 5.32. The molecular weight excluding hydrogens is 311 g/mol. The van der Waals surface area contributed by atoms with E-state index in [2.05, 4.69) is 0 Å². The molecule has 2 atom stereocenters. The van der Waals surface area contributed by atoms with E-state index >= 15 is 0 Å². The van der Waals surface area contributed by atoms with Gasteiger partial charge >= 0.3 is 5.97 Å². The Morgan fingerprint density at radius 3 is 2.64 bits per heavy atom. The third-order valence-electron chi connectivity index (χ3n) is 3.74. The Bertz CT molecular complexity index is 623. The van der Waals surface area contributed by atoms with Gasteiger partial charge in [-0.15, -0.1) is 0 Å². The number of hydrogen-bond donors (Lipinski definition) is 1. The molecule has 1 aromatic carbocycles. The number of carboxylic acid groups (broad SMARTS) is 1. The Morgan fingerprint density at radius 2 is 2.05 bits per heavy atom. The molecular formula is C14H19FN2O4S. The minimum atomic E-state index is -3.99. The highest BCUT2D eigenvalue weighted by molar-refractivity contribution is 7.86. The Hall–Kier alpha value is -1.51. The van der Waals surface area contributed by atoms with Crippen molar-refractivity contribution in [3.63, 3.8) is 0 Å². The normalized spacial score (nSPS) is 23.0. The fraction of sp³-hybridized carbons (Fsp3) is 0.500. The van der Waals surface area contributed by atoms with Crippen molar-refractivity contribution in [1.82, 2.24) is 8.61 Å². The molecule has 2 rings (SSSR count). The van der Waals surface area contributed by atoms with Crippen LogP contribution in [0.15, 0.2) is 30.3 Å². The summed E-state index contributed by atoms with van der Waals surface area (Å²) < 4.78 is 40.1. The Kier molecular flexibility index (Phi) is 5.15. The SMILES string of the molecule is CN(CCc1ccccc1)S(=O)(=O)N1C[C@@H](F)C[C@H]1C(=O)O. The topological polar surface area (TPSA) is 77.9 Å². The molecule has 0 aromatic heterocycles. The van der Waals surface area contributed by atoms with Crippen LogP contribution in [0, 0.1) is 0 Å². The molecule has 1 fully saturated rings. The predicted molar refractivity (Wildman–Crippen MR) is 79.3 cm³/mol. The van der Waals surface area contributed by atoms with E-state index in [9.17, 15) is 17.6 Å². The molecule has 0 amide bonds. The fourth-order valence-corrected chi connectivity index (χ4v) is 3.99. The highest BCUT2D eigenvalue weighted by Crippen LogP contribution is 2.25. The van der Waals surface area contributed by atoms with E-state index in [0.717, 1.165) is 14.2 Å². The number of aliphatic carboxylic acids is 1. The lowest BCUT2D eigenvalue weighted by molar-refractivity contribution is -0.140. The van der Waals surface area contributed by atoms with E-state index in [1.807, 2.05) is 30.3 Å². The smallest absolute Gasteiger partial charge is 0.322 e. The van der Waals surface area contributed by atoms with Crippen LogP contribution in [-0.4, -0.2) is 60.5 Å². The maximum absolute atomic E-state index is 13.4. The zero-order valence-electron chi connectivity index (χ0n) is 12.2. The van der Waals surface area contributed by atoms with E-state index in [1.165, 1.54) is 7.05 Å². The maximum Gasteiger partial charge on any atom is 0.322 e. The van der Waals surface area contributed by atoms with E-state index in [1.54, 1.807) is 0 Å². The average Bonchev–Trinajstić information content (AvgIpc) is 2.89. The maximum atomic E-state index is 13.4. The summed E-state index contributed by atoms with van der Waals surface area (Å²) in [6, 6.07) is 8.02. The van der Waals surface area contributed by atoms with Crippen LogP contribution in [-0.2, 0) is 21.4 Å². The average molecular weight is 330 g/mol. The van der Waals surface area contributed by atoms with Crippen molar-refractivity contribution < 1.29 is 22.7 Å². The van der Waals surface area contributed by atoms with E-state index in [0.29, 0.717) is 6.42 Å². The highest BCUT2D eigenvalue weighted by atomic mass is 32.2. The molecule has 22 heavy (non-hydrogen) atoms. The van der Waals surface area contributed by atoms with Crippen molar-refractivity contribution in [2.75, 3.05) is 20.1 Å². The first-order valence-corrected chi connectivity index (χ1v) is 8.36. The van der Waals surface area contributed by atoms with Gasteiger partial charge in [0.2, 0.25) is 0 Å². The third-order valence-corrected chi connectivity index (χ3v) is 5.70. The van der Waals surface area contributed by atoms with Gasteiger partial charge in [0.05, 0.1) is 0 Å². The van der Waals surface area contributed by atoms with Crippen molar-refractivity contribution in [2.24, 2.45) is 0 Å². The Balaban J connectivity index is 2.07. The third kappa shape index (κ3) is 3.63. The van der Waals surface area contributed by atoms with Gasteiger partial charge in [-0.05, 0) is 12.0 Å². The van der Waals surface area contributed by atoms with Crippen molar-refractivity contribution in [2.45, 2.75) is 25.1 Å². The Morgan fingerprint density at radius 1 is 1.41 bits per heavy atom. The molecule has 6 nitrogen and oxygen atoms in total. The monoisotopic (exact) mass is 330 g/mol. The Labute approximate surface area is 129 Å². The minimum Gasteiger partial charge on any atom is -0.480 e. The summed E-state index contributed by atoms with van der Waals surface area (Å²) in [5.74, 6) is -1.32. The summed E-state index contributed by atoms with van der Waals surface area (Å²) in [6.07, 6.45) is -1.25. The lowest BCUT2D eigenvalue weighted by Crippen LogP contribution is -2.47. The quantitative estimate of drug-likeness (QED) is 0.841. The first-order chi connectivity index (χ1) is 10.3. The molecule has 0 spiro atoms. The van der Waals surface area contributed by atoms with Crippen molar-refractivity contribution in [3.05, 3.63) is 35.9 Å². The molecule has 1 N–H and O–H groups in total. The van der Waals surface area contributed by atoms with Gasteiger partial charge in [0.15, 0.2) is 0 Å². The molecule has 0 aliphatic carbocycles. The molecule has 1 aliphatic heterocycles. The zero-order chi connectivity index (χ0) is 16.3. The fourth-order valence-electron chi connectivity index (χ4n) is 2.46. The number of benzene rings is 1. The van der Waals surface area contributed by atoms with Crippen molar-refractivity contribution in [1.29, 1.82) is 0 Å². The zero-order valence-corrected chi connectivity index (χ0v) is 13.0. The first-order valence-electron chi connectivity index (χ1n) is 6.96. The van der Waals surface area contributed by atoms with Crippen molar-refractivity contribution in [3.8, 4) is 0 Å². The number of halogens is 1. The summed E-state index contributed by atoms with van der Waals surface area (Å²) in [4.78, 5) is 11.1.